The van der Waals surface area contributed by atoms with Crippen LogP contribution in [0.2, 0.25) is 0 Å². The number of amides is 1. The maximum absolute atomic E-state index is 11.6. The zero-order chi connectivity index (χ0) is 15.0. The summed E-state index contributed by atoms with van der Waals surface area (Å²) in [6.07, 6.45) is 3.78. The molecule has 0 aliphatic rings. The Balaban J connectivity index is 2.61. The quantitative estimate of drug-likeness (QED) is 0.603. The molecule has 0 unspecified atom stereocenters. The summed E-state index contributed by atoms with van der Waals surface area (Å²) in [7, 11) is 2.35. The summed E-state index contributed by atoms with van der Waals surface area (Å²) >= 11 is 0. The predicted molar refractivity (Wildman–Crippen MR) is 68.3 cm³/mol. The minimum atomic E-state index is -1.10. The lowest BCUT2D eigenvalue weighted by Crippen LogP contribution is -2.42. The van der Waals surface area contributed by atoms with E-state index in [9.17, 15) is 14.4 Å². The van der Waals surface area contributed by atoms with Gasteiger partial charge >= 0.3 is 11.9 Å². The Bertz CT molecular complexity index is 491. The third-order valence-corrected chi connectivity index (χ3v) is 2.34. The molecular weight excluding hydrogens is 266 g/mol. The smallest absolute Gasteiger partial charge is 0.328 e. The number of esters is 2. The molecule has 7 heteroatoms. The van der Waals surface area contributed by atoms with E-state index in [1.165, 1.54) is 25.5 Å². The van der Waals surface area contributed by atoms with Gasteiger partial charge in [-0.15, -0.1) is 0 Å². The van der Waals surface area contributed by atoms with Crippen LogP contribution in [0.4, 0.5) is 0 Å². The number of hydrogen-bond donors (Lipinski definition) is 1. The molecule has 1 heterocycles. The summed E-state index contributed by atoms with van der Waals surface area (Å²) in [5.41, 5.74) is 0. The van der Waals surface area contributed by atoms with Gasteiger partial charge in [-0.05, 0) is 18.2 Å². The lowest BCUT2D eigenvalue weighted by atomic mass is 10.2. The van der Waals surface area contributed by atoms with Crippen molar-refractivity contribution in [2.75, 3.05) is 14.2 Å². The Morgan fingerprint density at radius 1 is 1.35 bits per heavy atom. The summed E-state index contributed by atoms with van der Waals surface area (Å²) in [6, 6.07) is 2.24. The van der Waals surface area contributed by atoms with Crippen LogP contribution >= 0.6 is 0 Å². The largest absolute Gasteiger partial charge is 0.469 e. The molecule has 0 fully saturated rings. The average molecular weight is 281 g/mol. The van der Waals surface area contributed by atoms with Gasteiger partial charge < -0.3 is 19.2 Å². The molecule has 20 heavy (non-hydrogen) atoms. The van der Waals surface area contributed by atoms with Crippen molar-refractivity contribution in [2.24, 2.45) is 0 Å². The molecule has 7 nitrogen and oxygen atoms in total. The highest BCUT2D eigenvalue weighted by Gasteiger charge is 2.24. The Morgan fingerprint density at radius 3 is 2.65 bits per heavy atom. The molecule has 0 saturated carbocycles. The maximum atomic E-state index is 11.6. The van der Waals surface area contributed by atoms with E-state index < -0.39 is 23.9 Å². The monoisotopic (exact) mass is 281 g/mol. The summed E-state index contributed by atoms with van der Waals surface area (Å²) in [6.45, 7) is 0. The number of furan rings is 1. The number of methoxy groups -OCH3 is 2. The number of hydrogen-bond acceptors (Lipinski definition) is 6. The van der Waals surface area contributed by atoms with E-state index in [2.05, 4.69) is 14.8 Å². The van der Waals surface area contributed by atoms with Crippen LogP contribution in [0.25, 0.3) is 6.08 Å². The second-order valence-corrected chi connectivity index (χ2v) is 3.71. The van der Waals surface area contributed by atoms with Crippen molar-refractivity contribution in [3.05, 3.63) is 30.2 Å². The molecule has 1 N–H and O–H groups in total. The molecule has 0 aromatic carbocycles. The van der Waals surface area contributed by atoms with Crippen molar-refractivity contribution >= 4 is 23.9 Å². The van der Waals surface area contributed by atoms with Gasteiger partial charge in [-0.3, -0.25) is 9.59 Å². The molecule has 1 rings (SSSR count). The average Bonchev–Trinajstić information content (AvgIpc) is 2.96. The first-order valence-corrected chi connectivity index (χ1v) is 5.73. The molecule has 0 saturated heterocycles. The normalized spacial score (nSPS) is 11.9. The first kappa shape index (κ1) is 15.5. The molecule has 0 spiro atoms. The van der Waals surface area contributed by atoms with Gasteiger partial charge in [0.1, 0.15) is 11.8 Å². The van der Waals surface area contributed by atoms with E-state index in [1.807, 2.05) is 0 Å². The van der Waals surface area contributed by atoms with E-state index in [1.54, 1.807) is 12.1 Å². The van der Waals surface area contributed by atoms with Gasteiger partial charge in [0.15, 0.2) is 0 Å². The van der Waals surface area contributed by atoms with Gasteiger partial charge in [0.05, 0.1) is 26.9 Å². The minimum absolute atomic E-state index is 0.302. The van der Waals surface area contributed by atoms with Crippen LogP contribution in [0.5, 0.6) is 0 Å². The van der Waals surface area contributed by atoms with Crippen LogP contribution < -0.4 is 5.32 Å². The fourth-order valence-corrected chi connectivity index (χ4v) is 1.35. The molecule has 1 aromatic rings. The molecule has 0 bridgehead atoms. The van der Waals surface area contributed by atoms with E-state index >= 15 is 0 Å². The van der Waals surface area contributed by atoms with Crippen molar-refractivity contribution in [1.82, 2.24) is 5.32 Å². The number of carbonyl (C=O) groups is 3. The highest BCUT2D eigenvalue weighted by atomic mass is 16.5. The fraction of sp³-hybridized carbons (Fsp3) is 0.308. The standard InChI is InChI=1S/C13H15NO6/c1-18-12(16)8-10(13(17)19-2)14-11(15)6-5-9-4-3-7-20-9/h3-7,10H,8H2,1-2H3,(H,14,15)/t10-/m0/s1. The summed E-state index contributed by atoms with van der Waals surface area (Å²) < 4.78 is 14.0. The molecule has 1 amide bonds. The van der Waals surface area contributed by atoms with E-state index in [0.29, 0.717) is 5.76 Å². The van der Waals surface area contributed by atoms with E-state index in [-0.39, 0.29) is 6.42 Å². The number of carbonyl (C=O) groups excluding carboxylic acids is 3. The maximum Gasteiger partial charge on any atom is 0.328 e. The van der Waals surface area contributed by atoms with Crippen molar-refractivity contribution in [2.45, 2.75) is 12.5 Å². The molecule has 1 aromatic heterocycles. The zero-order valence-electron chi connectivity index (χ0n) is 11.1. The molecule has 108 valence electrons. The third kappa shape index (κ3) is 4.97. The van der Waals surface area contributed by atoms with Crippen LogP contribution in [-0.4, -0.2) is 38.1 Å². The van der Waals surface area contributed by atoms with E-state index in [4.69, 9.17) is 4.42 Å². The first-order chi connectivity index (χ1) is 9.56. The second-order valence-electron chi connectivity index (χ2n) is 3.71. The molecule has 0 aliphatic carbocycles. The molecule has 0 radical (unpaired) electrons. The molecule has 0 aliphatic heterocycles. The summed E-state index contributed by atoms with van der Waals surface area (Å²) in [5.74, 6) is -1.42. The zero-order valence-corrected chi connectivity index (χ0v) is 11.1. The Kier molecular flexibility index (Phi) is 6.02. The lowest BCUT2D eigenvalue weighted by Gasteiger charge is -2.13. The Morgan fingerprint density at radius 2 is 2.10 bits per heavy atom. The van der Waals surface area contributed by atoms with Crippen LogP contribution in [0.3, 0.4) is 0 Å². The van der Waals surface area contributed by atoms with Crippen molar-refractivity contribution < 1.29 is 28.3 Å². The third-order valence-electron chi connectivity index (χ3n) is 2.34. The van der Waals surface area contributed by atoms with Gasteiger partial charge in [0.25, 0.3) is 0 Å². The number of ether oxygens (including phenoxy) is 2. The van der Waals surface area contributed by atoms with Gasteiger partial charge in [0.2, 0.25) is 5.91 Å². The van der Waals surface area contributed by atoms with Gasteiger partial charge in [-0.1, -0.05) is 0 Å². The minimum Gasteiger partial charge on any atom is -0.469 e. The van der Waals surface area contributed by atoms with Crippen molar-refractivity contribution in [3.63, 3.8) is 0 Å². The molecule has 1 atom stereocenters. The summed E-state index contributed by atoms with van der Waals surface area (Å²) in [4.78, 5) is 34.2. The van der Waals surface area contributed by atoms with Crippen LogP contribution in [0.15, 0.2) is 28.9 Å². The van der Waals surface area contributed by atoms with Crippen LogP contribution in [0, 0.1) is 0 Å². The highest BCUT2D eigenvalue weighted by molar-refractivity contribution is 5.95. The lowest BCUT2D eigenvalue weighted by molar-refractivity contribution is -0.150. The van der Waals surface area contributed by atoms with Crippen LogP contribution in [-0.2, 0) is 23.9 Å². The topological polar surface area (TPSA) is 94.8 Å². The highest BCUT2D eigenvalue weighted by Crippen LogP contribution is 2.03. The Hall–Kier alpha value is -2.57. The van der Waals surface area contributed by atoms with Crippen LogP contribution in [0.1, 0.15) is 12.2 Å². The van der Waals surface area contributed by atoms with Crippen molar-refractivity contribution in [1.29, 1.82) is 0 Å². The number of nitrogens with one attached hydrogen (secondary N) is 1. The SMILES string of the molecule is COC(=O)C[C@H](NC(=O)C=Cc1ccco1)C(=O)OC. The fourth-order valence-electron chi connectivity index (χ4n) is 1.35. The second kappa shape index (κ2) is 7.78. The summed E-state index contributed by atoms with van der Waals surface area (Å²) in [5, 5.41) is 2.35. The van der Waals surface area contributed by atoms with Crippen molar-refractivity contribution in [3.8, 4) is 0 Å². The first-order valence-electron chi connectivity index (χ1n) is 5.73. The van der Waals surface area contributed by atoms with E-state index in [0.717, 1.165) is 7.11 Å². The van der Waals surface area contributed by atoms with Gasteiger partial charge in [-0.25, -0.2) is 4.79 Å². The Labute approximate surface area is 115 Å². The van der Waals surface area contributed by atoms with Gasteiger partial charge in [0, 0.05) is 6.08 Å². The number of rotatable bonds is 6. The predicted octanol–water partition coefficient (Wildman–Crippen LogP) is 0.514. The van der Waals surface area contributed by atoms with Gasteiger partial charge in [-0.2, -0.15) is 0 Å². The molecular formula is C13H15NO6.